The third-order valence-electron chi connectivity index (χ3n) is 2.42. The maximum atomic E-state index is 11.3. The molecule has 0 bridgehead atoms. The third-order valence-corrected chi connectivity index (χ3v) is 2.42. The zero-order chi connectivity index (χ0) is 8.65. The zero-order valence-corrected chi connectivity index (χ0v) is 7.42. The summed E-state index contributed by atoms with van der Waals surface area (Å²) in [6, 6.07) is 0. The van der Waals surface area contributed by atoms with Crippen molar-refractivity contribution in [3.63, 3.8) is 0 Å². The molecule has 0 aromatic rings. The van der Waals surface area contributed by atoms with Crippen molar-refractivity contribution in [2.45, 2.75) is 39.7 Å². The van der Waals surface area contributed by atoms with Crippen molar-refractivity contribution in [3.8, 4) is 0 Å². The molecule has 1 aliphatic carbocycles. The molecule has 2 unspecified atom stereocenters. The van der Waals surface area contributed by atoms with E-state index < -0.39 is 6.10 Å². The van der Waals surface area contributed by atoms with E-state index in [-0.39, 0.29) is 17.1 Å². The molecule has 0 spiro atoms. The summed E-state index contributed by atoms with van der Waals surface area (Å²) in [5.41, 5.74) is 0.110. The van der Waals surface area contributed by atoms with E-state index in [1.165, 1.54) is 0 Å². The van der Waals surface area contributed by atoms with E-state index in [9.17, 15) is 9.90 Å². The lowest BCUT2D eigenvalue weighted by molar-refractivity contribution is -0.123. The lowest BCUT2D eigenvalue weighted by atomic mass is 9.89. The van der Waals surface area contributed by atoms with Crippen LogP contribution in [-0.4, -0.2) is 17.0 Å². The minimum absolute atomic E-state index is 0.106. The number of carbonyl (C=O) groups excluding carboxylic acids is 1. The van der Waals surface area contributed by atoms with Crippen molar-refractivity contribution < 1.29 is 9.90 Å². The Hall–Kier alpha value is -0.370. The van der Waals surface area contributed by atoms with Gasteiger partial charge in [0.1, 0.15) is 5.78 Å². The second-order valence-electron chi connectivity index (χ2n) is 4.36. The Morgan fingerprint density at radius 3 is 2.36 bits per heavy atom. The van der Waals surface area contributed by atoms with E-state index in [0.717, 1.165) is 6.42 Å². The van der Waals surface area contributed by atoms with Crippen LogP contribution in [0, 0.1) is 11.3 Å². The number of Topliss-reactive ketones (excluding diaryl/α,β-unsaturated/α-hetero) is 1. The molecule has 0 heterocycles. The summed E-state index contributed by atoms with van der Waals surface area (Å²) in [6.07, 6.45) is 0.996. The van der Waals surface area contributed by atoms with Gasteiger partial charge in [0.15, 0.2) is 0 Å². The third kappa shape index (κ3) is 1.80. The summed E-state index contributed by atoms with van der Waals surface area (Å²) in [7, 11) is 0. The summed E-state index contributed by atoms with van der Waals surface area (Å²) in [4.78, 5) is 11.3. The maximum absolute atomic E-state index is 11.3. The molecule has 1 aliphatic rings. The summed E-state index contributed by atoms with van der Waals surface area (Å²) >= 11 is 0. The first-order chi connectivity index (χ1) is 4.92. The van der Waals surface area contributed by atoms with Crippen LogP contribution in [0.3, 0.4) is 0 Å². The van der Waals surface area contributed by atoms with Crippen molar-refractivity contribution in [3.05, 3.63) is 0 Å². The molecule has 0 aliphatic heterocycles. The number of aliphatic hydroxyl groups excluding tert-OH is 1. The number of ketones is 1. The van der Waals surface area contributed by atoms with Crippen LogP contribution in [0.25, 0.3) is 0 Å². The van der Waals surface area contributed by atoms with Gasteiger partial charge in [-0.1, -0.05) is 13.8 Å². The average molecular weight is 156 g/mol. The predicted octanol–water partition coefficient (Wildman–Crippen LogP) is 1.37. The standard InChI is InChI=1S/C9H16O2/c1-6(10)7-4-9(2,3)5-8(7)11/h6-7,10H,4-5H2,1-3H3. The molecule has 0 amide bonds. The molecule has 0 aromatic carbocycles. The highest BCUT2D eigenvalue weighted by molar-refractivity contribution is 5.84. The first-order valence-corrected chi connectivity index (χ1v) is 4.13. The van der Waals surface area contributed by atoms with E-state index in [1.807, 2.05) is 0 Å². The Balaban J connectivity index is 2.67. The largest absolute Gasteiger partial charge is 0.393 e. The molecule has 64 valence electrons. The number of hydrogen-bond donors (Lipinski definition) is 1. The highest BCUT2D eigenvalue weighted by atomic mass is 16.3. The van der Waals surface area contributed by atoms with E-state index in [4.69, 9.17) is 0 Å². The number of aliphatic hydroxyl groups is 1. The summed E-state index contributed by atoms with van der Waals surface area (Å²) in [6.45, 7) is 5.85. The van der Waals surface area contributed by atoms with Gasteiger partial charge in [0.05, 0.1) is 6.10 Å². The van der Waals surface area contributed by atoms with Gasteiger partial charge in [-0.15, -0.1) is 0 Å². The first-order valence-electron chi connectivity index (χ1n) is 4.13. The Kier molecular flexibility index (Phi) is 2.06. The highest BCUT2D eigenvalue weighted by Crippen LogP contribution is 2.39. The average Bonchev–Trinajstić information content (AvgIpc) is 2.05. The fraction of sp³-hybridized carbons (Fsp3) is 0.889. The van der Waals surface area contributed by atoms with Gasteiger partial charge in [-0.25, -0.2) is 0 Å². The Morgan fingerprint density at radius 2 is 2.18 bits per heavy atom. The molecule has 2 heteroatoms. The van der Waals surface area contributed by atoms with Gasteiger partial charge in [-0.3, -0.25) is 4.79 Å². The van der Waals surface area contributed by atoms with Crippen molar-refractivity contribution >= 4 is 5.78 Å². The van der Waals surface area contributed by atoms with E-state index in [0.29, 0.717) is 6.42 Å². The smallest absolute Gasteiger partial charge is 0.139 e. The molecular weight excluding hydrogens is 140 g/mol. The van der Waals surface area contributed by atoms with Gasteiger partial charge in [0.25, 0.3) is 0 Å². The molecule has 0 saturated heterocycles. The minimum Gasteiger partial charge on any atom is -0.393 e. The molecule has 2 atom stereocenters. The molecule has 0 radical (unpaired) electrons. The lowest BCUT2D eigenvalue weighted by Crippen LogP contribution is -2.20. The van der Waals surface area contributed by atoms with E-state index in [2.05, 4.69) is 13.8 Å². The quantitative estimate of drug-likeness (QED) is 0.622. The predicted molar refractivity (Wildman–Crippen MR) is 43.2 cm³/mol. The molecular formula is C9H16O2. The van der Waals surface area contributed by atoms with Crippen LogP contribution in [0.1, 0.15) is 33.6 Å². The van der Waals surface area contributed by atoms with Crippen molar-refractivity contribution in [2.75, 3.05) is 0 Å². The molecule has 1 N–H and O–H groups in total. The molecule has 0 aromatic heterocycles. The zero-order valence-electron chi connectivity index (χ0n) is 7.42. The van der Waals surface area contributed by atoms with Gasteiger partial charge in [-0.05, 0) is 18.8 Å². The van der Waals surface area contributed by atoms with Crippen LogP contribution < -0.4 is 0 Å². The monoisotopic (exact) mass is 156 g/mol. The summed E-state index contributed by atoms with van der Waals surface area (Å²) < 4.78 is 0. The van der Waals surface area contributed by atoms with Crippen LogP contribution in [0.5, 0.6) is 0 Å². The summed E-state index contributed by atoms with van der Waals surface area (Å²) in [5.74, 6) is 0.120. The van der Waals surface area contributed by atoms with Gasteiger partial charge in [0.2, 0.25) is 0 Å². The summed E-state index contributed by atoms with van der Waals surface area (Å²) in [5, 5.41) is 9.23. The first kappa shape index (κ1) is 8.72. The molecule has 1 rings (SSSR count). The van der Waals surface area contributed by atoms with Crippen LogP contribution in [0.4, 0.5) is 0 Å². The Morgan fingerprint density at radius 1 is 1.64 bits per heavy atom. The Bertz CT molecular complexity index is 170. The van der Waals surface area contributed by atoms with Crippen molar-refractivity contribution in [1.29, 1.82) is 0 Å². The van der Waals surface area contributed by atoms with Crippen LogP contribution in [-0.2, 0) is 4.79 Å². The topological polar surface area (TPSA) is 37.3 Å². The number of hydrogen-bond acceptors (Lipinski definition) is 2. The van der Waals surface area contributed by atoms with Gasteiger partial charge in [-0.2, -0.15) is 0 Å². The van der Waals surface area contributed by atoms with Crippen LogP contribution in [0.2, 0.25) is 0 Å². The fourth-order valence-electron chi connectivity index (χ4n) is 1.82. The Labute approximate surface area is 67.6 Å². The molecule has 11 heavy (non-hydrogen) atoms. The SMILES string of the molecule is CC(O)C1CC(C)(C)CC1=O. The fourth-order valence-corrected chi connectivity index (χ4v) is 1.82. The minimum atomic E-state index is -0.468. The molecule has 2 nitrogen and oxygen atoms in total. The second-order valence-corrected chi connectivity index (χ2v) is 4.36. The lowest BCUT2D eigenvalue weighted by Gasteiger charge is -2.16. The van der Waals surface area contributed by atoms with Gasteiger partial charge in [0, 0.05) is 12.3 Å². The highest BCUT2D eigenvalue weighted by Gasteiger charge is 2.39. The van der Waals surface area contributed by atoms with E-state index in [1.54, 1.807) is 6.92 Å². The number of carbonyl (C=O) groups is 1. The maximum Gasteiger partial charge on any atom is 0.139 e. The van der Waals surface area contributed by atoms with Crippen molar-refractivity contribution in [1.82, 2.24) is 0 Å². The van der Waals surface area contributed by atoms with Crippen LogP contribution >= 0.6 is 0 Å². The van der Waals surface area contributed by atoms with Gasteiger partial charge < -0.3 is 5.11 Å². The molecule has 1 fully saturated rings. The van der Waals surface area contributed by atoms with Gasteiger partial charge >= 0.3 is 0 Å². The van der Waals surface area contributed by atoms with Crippen LogP contribution in [0.15, 0.2) is 0 Å². The second kappa shape index (κ2) is 2.59. The van der Waals surface area contributed by atoms with Crippen molar-refractivity contribution in [2.24, 2.45) is 11.3 Å². The number of rotatable bonds is 1. The van der Waals surface area contributed by atoms with E-state index >= 15 is 0 Å². The molecule has 1 saturated carbocycles. The normalized spacial score (nSPS) is 32.4.